The van der Waals surface area contributed by atoms with Gasteiger partial charge < -0.3 is 5.21 Å². The van der Waals surface area contributed by atoms with Crippen LogP contribution in [0.4, 0.5) is 0 Å². The summed E-state index contributed by atoms with van der Waals surface area (Å²) >= 11 is 0. The van der Waals surface area contributed by atoms with Gasteiger partial charge in [-0.2, -0.15) is 8.42 Å². The molecule has 0 rings (SSSR count). The summed E-state index contributed by atoms with van der Waals surface area (Å²) in [6, 6.07) is 0. The molecular formula is H3NO6PdS. The van der Waals surface area contributed by atoms with E-state index in [9.17, 15) is 0 Å². The molecule has 0 aromatic rings. The SMILES string of the molecule is O=NO.O=S(=O)(O)O.[Pd]. The molecule has 9 heteroatoms. The summed E-state index contributed by atoms with van der Waals surface area (Å²) in [5.41, 5.74) is 0. The van der Waals surface area contributed by atoms with E-state index < -0.39 is 10.4 Å². The molecular weight excluding hydrogens is 248 g/mol. The van der Waals surface area contributed by atoms with Crippen molar-refractivity contribution in [3.05, 3.63) is 4.91 Å². The number of nitrogens with zero attached hydrogens (tertiary/aromatic N) is 1. The molecule has 0 spiro atoms. The van der Waals surface area contributed by atoms with Crippen molar-refractivity contribution in [3.63, 3.8) is 0 Å². The van der Waals surface area contributed by atoms with Crippen molar-refractivity contribution in [2.75, 3.05) is 0 Å². The molecule has 0 aliphatic rings. The molecule has 60 valence electrons. The molecule has 0 bridgehead atoms. The van der Waals surface area contributed by atoms with Crippen LogP contribution in [0.3, 0.4) is 0 Å². The molecule has 0 fully saturated rings. The molecule has 0 atom stereocenters. The minimum absolute atomic E-state index is 0. The molecule has 0 unspecified atom stereocenters. The zero-order valence-corrected chi connectivity index (χ0v) is 6.11. The molecule has 0 aliphatic carbocycles. The van der Waals surface area contributed by atoms with Crippen molar-refractivity contribution >= 4 is 10.4 Å². The van der Waals surface area contributed by atoms with Crippen molar-refractivity contribution in [2.45, 2.75) is 0 Å². The molecule has 0 radical (unpaired) electrons. The first-order valence-corrected chi connectivity index (χ1v) is 2.48. The van der Waals surface area contributed by atoms with Crippen LogP contribution in [0, 0.1) is 4.91 Å². The Bertz CT molecular complexity index is 127. The van der Waals surface area contributed by atoms with Gasteiger partial charge in [-0.15, -0.1) is 4.91 Å². The zero-order chi connectivity index (χ0) is 7.21. The van der Waals surface area contributed by atoms with Crippen LogP contribution in [0.15, 0.2) is 5.34 Å². The molecule has 9 heavy (non-hydrogen) atoms. The Balaban J connectivity index is -0.0000000800. The first-order valence-electron chi connectivity index (χ1n) is 1.08. The Morgan fingerprint density at radius 3 is 1.22 bits per heavy atom. The number of rotatable bonds is 0. The van der Waals surface area contributed by atoms with Gasteiger partial charge >= 0.3 is 10.4 Å². The van der Waals surface area contributed by atoms with Gasteiger partial charge in [0, 0.05) is 20.4 Å². The van der Waals surface area contributed by atoms with Crippen LogP contribution >= 0.6 is 0 Å². The molecule has 0 saturated heterocycles. The van der Waals surface area contributed by atoms with E-state index in [1.165, 1.54) is 5.34 Å². The predicted molar refractivity (Wildman–Crippen MR) is 21.8 cm³/mol. The van der Waals surface area contributed by atoms with Gasteiger partial charge in [-0.25, -0.2) is 0 Å². The third-order valence-electron chi connectivity index (χ3n) is 0. The minimum Gasteiger partial charge on any atom is -0.379 e. The van der Waals surface area contributed by atoms with Crippen molar-refractivity contribution in [1.82, 2.24) is 0 Å². The summed E-state index contributed by atoms with van der Waals surface area (Å²) in [6.45, 7) is 0. The van der Waals surface area contributed by atoms with Crippen molar-refractivity contribution < 1.29 is 43.2 Å². The van der Waals surface area contributed by atoms with Gasteiger partial charge in [0.1, 0.15) is 0 Å². The zero-order valence-electron chi connectivity index (χ0n) is 3.74. The molecule has 0 aromatic heterocycles. The number of hydrogen-bond donors (Lipinski definition) is 3. The van der Waals surface area contributed by atoms with E-state index in [0.29, 0.717) is 0 Å². The fraction of sp³-hybridized carbons (Fsp3) is 0. The molecule has 3 N–H and O–H groups in total. The monoisotopic (exact) mass is 251 g/mol. The summed E-state index contributed by atoms with van der Waals surface area (Å²) in [5.74, 6) is 0. The van der Waals surface area contributed by atoms with Crippen LogP contribution in [0.2, 0.25) is 0 Å². The summed E-state index contributed by atoms with van der Waals surface area (Å²) in [4.78, 5) is 8.11. The van der Waals surface area contributed by atoms with Crippen LogP contribution in [0.5, 0.6) is 0 Å². The fourth-order valence-electron chi connectivity index (χ4n) is 0. The summed E-state index contributed by atoms with van der Waals surface area (Å²) in [5, 5.41) is 7.89. The third-order valence-corrected chi connectivity index (χ3v) is 0. The van der Waals surface area contributed by atoms with E-state index in [1.54, 1.807) is 0 Å². The molecule has 0 saturated carbocycles. The maximum atomic E-state index is 8.74. The van der Waals surface area contributed by atoms with Gasteiger partial charge in [0.15, 0.2) is 5.34 Å². The molecule has 0 aromatic carbocycles. The van der Waals surface area contributed by atoms with E-state index in [0.717, 1.165) is 0 Å². The quantitative estimate of drug-likeness (QED) is 0.230. The van der Waals surface area contributed by atoms with E-state index >= 15 is 0 Å². The molecule has 0 heterocycles. The molecule has 7 nitrogen and oxygen atoms in total. The van der Waals surface area contributed by atoms with E-state index in [1.807, 2.05) is 0 Å². The van der Waals surface area contributed by atoms with Gasteiger partial charge in [0.05, 0.1) is 0 Å². The Hall–Kier alpha value is -0.0677. The molecule has 0 aliphatic heterocycles. The topological polar surface area (TPSA) is 124 Å². The smallest absolute Gasteiger partial charge is 0.379 e. The predicted octanol–water partition coefficient (Wildman–Crippen LogP) is -0.513. The first kappa shape index (κ1) is 16.0. The van der Waals surface area contributed by atoms with Gasteiger partial charge in [-0.1, -0.05) is 0 Å². The van der Waals surface area contributed by atoms with E-state index in [4.69, 9.17) is 27.6 Å². The standard InChI is InChI=1S/HNO2.H2O4S.Pd/c2-1-3;1-5(2,3)4;/h(H,2,3);(H2,1,2,3,4);. The van der Waals surface area contributed by atoms with Gasteiger partial charge in [0.2, 0.25) is 0 Å². The largest absolute Gasteiger partial charge is 0.394 e. The summed E-state index contributed by atoms with van der Waals surface area (Å²) < 4.78 is 31.6. The van der Waals surface area contributed by atoms with Crippen LogP contribution in [0.1, 0.15) is 0 Å². The first-order chi connectivity index (χ1) is 3.41. The second kappa shape index (κ2) is 7.93. The second-order valence-electron chi connectivity index (χ2n) is 0.529. The maximum Gasteiger partial charge on any atom is 0.394 e. The van der Waals surface area contributed by atoms with Crippen LogP contribution in [-0.4, -0.2) is 22.7 Å². The third kappa shape index (κ3) is 61000. The molecule has 0 amide bonds. The van der Waals surface area contributed by atoms with E-state index in [-0.39, 0.29) is 20.4 Å². The summed E-state index contributed by atoms with van der Waals surface area (Å²) in [6.07, 6.45) is 0. The fourth-order valence-corrected chi connectivity index (χ4v) is 0. The Kier molecular flexibility index (Phi) is 14.1. The van der Waals surface area contributed by atoms with Gasteiger partial charge in [-0.3, -0.25) is 9.11 Å². The van der Waals surface area contributed by atoms with Gasteiger partial charge in [-0.05, 0) is 0 Å². The summed E-state index contributed by atoms with van der Waals surface area (Å²) in [7, 11) is -4.67. The second-order valence-corrected chi connectivity index (χ2v) is 1.43. The van der Waals surface area contributed by atoms with Crippen molar-refractivity contribution in [2.24, 2.45) is 5.34 Å². The number of hydrogen-bond acceptors (Lipinski definition) is 4. The minimum atomic E-state index is -4.67. The van der Waals surface area contributed by atoms with Crippen LogP contribution in [-0.2, 0) is 30.8 Å². The Labute approximate surface area is 64.2 Å². The maximum absolute atomic E-state index is 8.74. The average Bonchev–Trinajstić information content (AvgIpc) is 1.27. The van der Waals surface area contributed by atoms with Gasteiger partial charge in [0.25, 0.3) is 0 Å². The van der Waals surface area contributed by atoms with Crippen LogP contribution < -0.4 is 0 Å². The van der Waals surface area contributed by atoms with E-state index in [2.05, 4.69) is 0 Å². The van der Waals surface area contributed by atoms with Crippen LogP contribution in [0.25, 0.3) is 0 Å². The Morgan fingerprint density at radius 2 is 1.22 bits per heavy atom. The van der Waals surface area contributed by atoms with Crippen molar-refractivity contribution in [1.29, 1.82) is 0 Å². The Morgan fingerprint density at radius 1 is 1.22 bits per heavy atom. The average molecular weight is 252 g/mol. The normalized spacial score (nSPS) is 7.78. The van der Waals surface area contributed by atoms with Crippen molar-refractivity contribution in [3.8, 4) is 0 Å².